The van der Waals surface area contributed by atoms with Crippen LogP contribution in [0.15, 0.2) is 0 Å². The zero-order valence-corrected chi connectivity index (χ0v) is 17.0. The van der Waals surface area contributed by atoms with Crippen LogP contribution < -0.4 is 0 Å². The van der Waals surface area contributed by atoms with Gasteiger partial charge in [0.25, 0.3) is 0 Å². The summed E-state index contributed by atoms with van der Waals surface area (Å²) >= 11 is 0. The lowest BCUT2D eigenvalue weighted by atomic mass is 9.91. The Morgan fingerprint density at radius 3 is 1.84 bits per heavy atom. The van der Waals surface area contributed by atoms with E-state index >= 15 is 0 Å². The lowest BCUT2D eigenvalue weighted by Gasteiger charge is -2.31. The number of phosphoric acid groups is 1. The fourth-order valence-corrected chi connectivity index (χ4v) is 3.02. The summed E-state index contributed by atoms with van der Waals surface area (Å²) in [5, 5.41) is 0. The Morgan fingerprint density at radius 1 is 0.960 bits per heavy atom. The second-order valence-corrected chi connectivity index (χ2v) is 7.84. The van der Waals surface area contributed by atoms with Crippen molar-refractivity contribution in [1.82, 2.24) is 0 Å². The molecule has 10 heteroatoms. The topological polar surface area (TPSA) is 107 Å². The molecule has 0 aliphatic heterocycles. The minimum Gasteiger partial charge on any atom is -0.436 e. The highest BCUT2D eigenvalue weighted by atomic mass is 31.2. The van der Waals surface area contributed by atoms with E-state index in [0.29, 0.717) is 0 Å². The van der Waals surface area contributed by atoms with Gasteiger partial charge in [-0.2, -0.15) is 0 Å². The SMILES string of the molecule is CCOC(=O)OC(C)OP(=O)(OC(C)OC(C)=O)OC(C)C(C)(C)C. The second-order valence-electron chi connectivity index (χ2n) is 6.32. The molecule has 0 saturated heterocycles. The summed E-state index contributed by atoms with van der Waals surface area (Å²) in [5.74, 6) is -0.626. The molecule has 0 aliphatic rings. The highest BCUT2D eigenvalue weighted by Gasteiger charge is 2.38. The van der Waals surface area contributed by atoms with Gasteiger partial charge in [-0.05, 0) is 33.1 Å². The van der Waals surface area contributed by atoms with E-state index in [1.165, 1.54) is 20.8 Å². The Balaban J connectivity index is 5.13. The number of hydrogen-bond acceptors (Lipinski definition) is 9. The number of carbonyl (C=O) groups excluding carboxylic acids is 2. The Kier molecular flexibility index (Phi) is 9.64. The molecular formula is C15H29O9P. The highest BCUT2D eigenvalue weighted by molar-refractivity contribution is 7.48. The van der Waals surface area contributed by atoms with Crippen LogP contribution in [0.3, 0.4) is 0 Å². The van der Waals surface area contributed by atoms with Crippen molar-refractivity contribution in [3.05, 3.63) is 0 Å². The second kappa shape index (κ2) is 10.1. The van der Waals surface area contributed by atoms with Crippen LogP contribution in [0.2, 0.25) is 0 Å². The van der Waals surface area contributed by atoms with Gasteiger partial charge in [-0.3, -0.25) is 9.32 Å². The van der Waals surface area contributed by atoms with Crippen LogP contribution in [0.4, 0.5) is 4.79 Å². The molecule has 0 fully saturated rings. The molecule has 25 heavy (non-hydrogen) atoms. The quantitative estimate of drug-likeness (QED) is 0.331. The van der Waals surface area contributed by atoms with Crippen LogP contribution in [0.1, 0.15) is 55.4 Å². The first kappa shape index (κ1) is 23.9. The monoisotopic (exact) mass is 384 g/mol. The lowest BCUT2D eigenvalue weighted by molar-refractivity contribution is -0.163. The Hall–Kier alpha value is -1.15. The maximum absolute atomic E-state index is 12.9. The van der Waals surface area contributed by atoms with E-state index < -0.39 is 38.6 Å². The van der Waals surface area contributed by atoms with Gasteiger partial charge in [0.15, 0.2) is 0 Å². The first-order chi connectivity index (χ1) is 11.3. The molecule has 0 heterocycles. The van der Waals surface area contributed by atoms with E-state index in [1.54, 1.807) is 13.8 Å². The van der Waals surface area contributed by atoms with Crippen molar-refractivity contribution in [2.24, 2.45) is 5.41 Å². The van der Waals surface area contributed by atoms with Gasteiger partial charge in [-0.25, -0.2) is 18.4 Å². The zero-order valence-electron chi connectivity index (χ0n) is 16.1. The van der Waals surface area contributed by atoms with Crippen LogP contribution in [-0.2, 0) is 37.1 Å². The third-order valence-electron chi connectivity index (χ3n) is 2.92. The average molecular weight is 384 g/mol. The molecule has 9 nitrogen and oxygen atoms in total. The lowest BCUT2D eigenvalue weighted by Crippen LogP contribution is -2.28. The maximum Gasteiger partial charge on any atom is 0.510 e. The molecule has 148 valence electrons. The Bertz CT molecular complexity index is 486. The molecule has 0 spiro atoms. The summed E-state index contributed by atoms with van der Waals surface area (Å²) in [7, 11) is -4.23. The molecule has 0 N–H and O–H groups in total. The predicted molar refractivity (Wildman–Crippen MR) is 88.6 cm³/mol. The normalized spacial score (nSPS) is 17.8. The van der Waals surface area contributed by atoms with E-state index in [4.69, 9.17) is 23.0 Å². The summed E-state index contributed by atoms with van der Waals surface area (Å²) in [6.45, 7) is 12.9. The van der Waals surface area contributed by atoms with Gasteiger partial charge < -0.3 is 14.2 Å². The zero-order chi connectivity index (χ0) is 19.8. The molecule has 0 radical (unpaired) electrons. The van der Waals surface area contributed by atoms with Gasteiger partial charge in [0.05, 0.1) is 12.7 Å². The van der Waals surface area contributed by atoms with Crippen molar-refractivity contribution in [3.8, 4) is 0 Å². The number of hydrogen-bond donors (Lipinski definition) is 0. The van der Waals surface area contributed by atoms with E-state index in [0.717, 1.165) is 0 Å². The first-order valence-corrected chi connectivity index (χ1v) is 9.41. The predicted octanol–water partition coefficient (Wildman–Crippen LogP) is 4.01. The van der Waals surface area contributed by atoms with Crippen molar-refractivity contribution >= 4 is 19.9 Å². The van der Waals surface area contributed by atoms with Crippen molar-refractivity contribution < 1.29 is 41.9 Å². The number of carbonyl (C=O) groups is 2. The molecular weight excluding hydrogens is 355 g/mol. The van der Waals surface area contributed by atoms with Gasteiger partial charge in [0.2, 0.25) is 12.6 Å². The van der Waals surface area contributed by atoms with Gasteiger partial charge in [0, 0.05) is 6.92 Å². The molecule has 0 aliphatic carbocycles. The smallest absolute Gasteiger partial charge is 0.436 e. The summed E-state index contributed by atoms with van der Waals surface area (Å²) in [6, 6.07) is 0. The molecule has 4 atom stereocenters. The summed E-state index contributed by atoms with van der Waals surface area (Å²) < 4.78 is 42.9. The highest BCUT2D eigenvalue weighted by Crippen LogP contribution is 2.54. The fraction of sp³-hybridized carbons (Fsp3) is 0.867. The molecule has 0 aromatic carbocycles. The Labute approximate surface area is 148 Å². The van der Waals surface area contributed by atoms with Crippen LogP contribution in [0.5, 0.6) is 0 Å². The van der Waals surface area contributed by atoms with Crippen LogP contribution >= 0.6 is 7.82 Å². The fourth-order valence-electron chi connectivity index (χ4n) is 1.35. The summed E-state index contributed by atoms with van der Waals surface area (Å²) in [4.78, 5) is 22.3. The standard InChI is InChI=1S/C15H29O9P/c1-9-19-14(17)21-13(5)24-25(18,22-10(2)15(6,7)8)23-12(4)20-11(3)16/h10,12-13H,9H2,1-8H3. The van der Waals surface area contributed by atoms with Gasteiger partial charge in [-0.15, -0.1) is 0 Å². The maximum atomic E-state index is 12.9. The third kappa shape index (κ3) is 10.4. The minimum atomic E-state index is -4.23. The van der Waals surface area contributed by atoms with E-state index in [-0.39, 0.29) is 12.0 Å². The van der Waals surface area contributed by atoms with Crippen molar-refractivity contribution in [3.63, 3.8) is 0 Å². The van der Waals surface area contributed by atoms with E-state index in [1.807, 2.05) is 20.8 Å². The molecule has 0 bridgehead atoms. The van der Waals surface area contributed by atoms with Gasteiger partial charge >= 0.3 is 19.9 Å². The number of ether oxygens (including phenoxy) is 3. The molecule has 4 unspecified atom stereocenters. The first-order valence-electron chi connectivity index (χ1n) is 7.95. The molecule has 0 amide bonds. The summed E-state index contributed by atoms with van der Waals surface area (Å²) in [6.07, 6.45) is -4.00. The minimum absolute atomic E-state index is 0.112. The van der Waals surface area contributed by atoms with Crippen molar-refractivity contribution in [2.45, 2.75) is 74.1 Å². The number of rotatable bonds is 9. The molecule has 0 aromatic rings. The average Bonchev–Trinajstić information content (AvgIpc) is 2.34. The van der Waals surface area contributed by atoms with Crippen LogP contribution in [0, 0.1) is 5.41 Å². The third-order valence-corrected chi connectivity index (χ3v) is 4.60. The van der Waals surface area contributed by atoms with Crippen LogP contribution in [0.25, 0.3) is 0 Å². The van der Waals surface area contributed by atoms with Crippen LogP contribution in [-0.4, -0.2) is 37.4 Å². The number of esters is 1. The molecule has 0 saturated carbocycles. The van der Waals surface area contributed by atoms with Gasteiger partial charge in [-0.1, -0.05) is 20.8 Å². The molecule has 0 rings (SSSR count). The van der Waals surface area contributed by atoms with Crippen molar-refractivity contribution in [2.75, 3.05) is 6.61 Å². The van der Waals surface area contributed by atoms with Gasteiger partial charge in [0.1, 0.15) is 0 Å². The van der Waals surface area contributed by atoms with E-state index in [9.17, 15) is 14.2 Å². The number of phosphoric ester groups is 1. The largest absolute Gasteiger partial charge is 0.510 e. The summed E-state index contributed by atoms with van der Waals surface area (Å²) in [5.41, 5.74) is -0.377. The van der Waals surface area contributed by atoms with Crippen molar-refractivity contribution in [1.29, 1.82) is 0 Å². The van der Waals surface area contributed by atoms with E-state index in [2.05, 4.69) is 4.74 Å². The Morgan fingerprint density at radius 2 is 1.44 bits per heavy atom. The molecule has 0 aromatic heterocycles.